The van der Waals surface area contributed by atoms with Gasteiger partial charge in [0.15, 0.2) is 0 Å². The van der Waals surface area contributed by atoms with E-state index in [2.05, 4.69) is 12.2 Å². The van der Waals surface area contributed by atoms with Crippen LogP contribution in [0.1, 0.15) is 17.3 Å². The summed E-state index contributed by atoms with van der Waals surface area (Å²) in [7, 11) is 3.97. The first-order chi connectivity index (χ1) is 8.59. The van der Waals surface area contributed by atoms with Crippen molar-refractivity contribution in [2.45, 2.75) is 13.0 Å². The lowest BCUT2D eigenvalue weighted by Crippen LogP contribution is -2.52. The Hall–Kier alpha value is -1.55. The van der Waals surface area contributed by atoms with Crippen molar-refractivity contribution in [1.29, 1.82) is 0 Å². The Labute approximate surface area is 109 Å². The van der Waals surface area contributed by atoms with Gasteiger partial charge in [-0.1, -0.05) is 6.07 Å². The normalized spacial score (nSPS) is 19.7. The van der Waals surface area contributed by atoms with Crippen molar-refractivity contribution < 1.29 is 4.79 Å². The first-order valence-electron chi connectivity index (χ1n) is 6.38. The summed E-state index contributed by atoms with van der Waals surface area (Å²) >= 11 is 0. The summed E-state index contributed by atoms with van der Waals surface area (Å²) in [5, 5.41) is 3.30. The van der Waals surface area contributed by atoms with E-state index in [0.29, 0.717) is 0 Å². The highest BCUT2D eigenvalue weighted by Gasteiger charge is 2.24. The van der Waals surface area contributed by atoms with Crippen LogP contribution in [0, 0.1) is 0 Å². The van der Waals surface area contributed by atoms with Crippen molar-refractivity contribution in [3.8, 4) is 0 Å². The second kappa shape index (κ2) is 5.40. The van der Waals surface area contributed by atoms with Crippen LogP contribution in [-0.4, -0.2) is 50.6 Å². The molecule has 4 heteroatoms. The van der Waals surface area contributed by atoms with Gasteiger partial charge in [-0.15, -0.1) is 0 Å². The minimum atomic E-state index is 0.132. The highest BCUT2D eigenvalue weighted by Crippen LogP contribution is 2.16. The van der Waals surface area contributed by atoms with E-state index in [1.54, 1.807) is 0 Å². The molecule has 98 valence electrons. The second-order valence-electron chi connectivity index (χ2n) is 5.00. The topological polar surface area (TPSA) is 35.6 Å². The third-order valence-electron chi connectivity index (χ3n) is 3.37. The molecular formula is C14H21N3O. The van der Waals surface area contributed by atoms with Gasteiger partial charge in [0.25, 0.3) is 5.91 Å². The zero-order valence-corrected chi connectivity index (χ0v) is 11.3. The monoisotopic (exact) mass is 247 g/mol. The van der Waals surface area contributed by atoms with Gasteiger partial charge in [0.1, 0.15) is 0 Å². The van der Waals surface area contributed by atoms with Crippen molar-refractivity contribution in [1.82, 2.24) is 10.2 Å². The lowest BCUT2D eigenvalue weighted by atomic mass is 10.1. The Balaban J connectivity index is 2.19. The van der Waals surface area contributed by atoms with Crippen LogP contribution >= 0.6 is 0 Å². The number of carbonyl (C=O) groups excluding carboxylic acids is 1. The van der Waals surface area contributed by atoms with E-state index in [0.717, 1.165) is 30.9 Å². The number of amides is 1. The average molecular weight is 247 g/mol. The second-order valence-corrected chi connectivity index (χ2v) is 5.00. The summed E-state index contributed by atoms with van der Waals surface area (Å²) in [4.78, 5) is 16.4. The number of hydrogen-bond donors (Lipinski definition) is 1. The molecule has 1 N–H and O–H groups in total. The van der Waals surface area contributed by atoms with Crippen LogP contribution in [0.25, 0.3) is 0 Å². The Kier molecular flexibility index (Phi) is 3.87. The number of benzene rings is 1. The van der Waals surface area contributed by atoms with Gasteiger partial charge < -0.3 is 15.1 Å². The van der Waals surface area contributed by atoms with E-state index >= 15 is 0 Å². The maximum atomic E-state index is 12.5. The minimum Gasteiger partial charge on any atom is -0.378 e. The number of carbonyl (C=O) groups is 1. The molecule has 1 amide bonds. The molecule has 1 heterocycles. The smallest absolute Gasteiger partial charge is 0.254 e. The van der Waals surface area contributed by atoms with E-state index in [1.165, 1.54) is 0 Å². The van der Waals surface area contributed by atoms with Crippen LogP contribution in [0.15, 0.2) is 24.3 Å². The minimum absolute atomic E-state index is 0.132. The number of piperazine rings is 1. The van der Waals surface area contributed by atoms with Crippen molar-refractivity contribution in [2.24, 2.45) is 0 Å². The van der Waals surface area contributed by atoms with Gasteiger partial charge >= 0.3 is 0 Å². The Morgan fingerprint density at radius 3 is 2.89 bits per heavy atom. The van der Waals surface area contributed by atoms with Gasteiger partial charge in [-0.3, -0.25) is 4.79 Å². The third-order valence-corrected chi connectivity index (χ3v) is 3.37. The van der Waals surface area contributed by atoms with Gasteiger partial charge in [0.2, 0.25) is 0 Å². The molecule has 0 radical (unpaired) electrons. The van der Waals surface area contributed by atoms with Gasteiger partial charge in [0.05, 0.1) is 0 Å². The molecule has 2 rings (SSSR count). The van der Waals surface area contributed by atoms with Crippen molar-refractivity contribution >= 4 is 11.6 Å². The SMILES string of the molecule is CC1CNCCN1C(=O)c1cccc(N(C)C)c1. The van der Waals surface area contributed by atoms with Crippen LogP contribution in [-0.2, 0) is 0 Å². The Morgan fingerprint density at radius 2 is 2.22 bits per heavy atom. The molecule has 1 aromatic rings. The predicted molar refractivity (Wildman–Crippen MR) is 74.1 cm³/mol. The fraction of sp³-hybridized carbons (Fsp3) is 0.500. The molecule has 0 spiro atoms. The van der Waals surface area contributed by atoms with Crippen LogP contribution < -0.4 is 10.2 Å². The number of rotatable bonds is 2. The molecule has 0 saturated carbocycles. The third kappa shape index (κ3) is 2.64. The van der Waals surface area contributed by atoms with Crippen molar-refractivity contribution in [3.63, 3.8) is 0 Å². The lowest BCUT2D eigenvalue weighted by molar-refractivity contribution is 0.0656. The maximum absolute atomic E-state index is 12.5. The highest BCUT2D eigenvalue weighted by molar-refractivity contribution is 5.95. The summed E-state index contributed by atoms with van der Waals surface area (Å²) in [5.74, 6) is 0.132. The Bertz CT molecular complexity index is 431. The summed E-state index contributed by atoms with van der Waals surface area (Å²) in [5.41, 5.74) is 1.83. The zero-order valence-electron chi connectivity index (χ0n) is 11.3. The van der Waals surface area contributed by atoms with Gasteiger partial charge in [-0.05, 0) is 25.1 Å². The molecule has 18 heavy (non-hydrogen) atoms. The predicted octanol–water partition coefficient (Wildman–Crippen LogP) is 1.19. The van der Waals surface area contributed by atoms with Crippen LogP contribution in [0.4, 0.5) is 5.69 Å². The average Bonchev–Trinajstić information content (AvgIpc) is 2.38. The first kappa shape index (κ1) is 12.9. The molecule has 1 aliphatic rings. The maximum Gasteiger partial charge on any atom is 0.254 e. The zero-order chi connectivity index (χ0) is 13.1. The molecule has 0 aromatic heterocycles. The summed E-state index contributed by atoms with van der Waals surface area (Å²) in [6.45, 7) is 4.62. The molecule has 1 fully saturated rings. The van der Waals surface area contributed by atoms with Crippen LogP contribution in [0.2, 0.25) is 0 Å². The molecule has 4 nitrogen and oxygen atoms in total. The number of hydrogen-bond acceptors (Lipinski definition) is 3. The van der Waals surface area contributed by atoms with Crippen LogP contribution in [0.3, 0.4) is 0 Å². The van der Waals surface area contributed by atoms with E-state index in [-0.39, 0.29) is 11.9 Å². The Morgan fingerprint density at radius 1 is 1.44 bits per heavy atom. The van der Waals surface area contributed by atoms with E-state index in [1.807, 2.05) is 48.2 Å². The quantitative estimate of drug-likeness (QED) is 0.852. The van der Waals surface area contributed by atoms with E-state index < -0.39 is 0 Å². The van der Waals surface area contributed by atoms with Gasteiger partial charge in [0, 0.05) is 51.0 Å². The van der Waals surface area contributed by atoms with Gasteiger partial charge in [-0.25, -0.2) is 0 Å². The fourth-order valence-corrected chi connectivity index (χ4v) is 2.23. The van der Waals surface area contributed by atoms with Crippen LogP contribution in [0.5, 0.6) is 0 Å². The molecule has 1 unspecified atom stereocenters. The highest BCUT2D eigenvalue weighted by atomic mass is 16.2. The van der Waals surface area contributed by atoms with E-state index in [9.17, 15) is 4.79 Å². The van der Waals surface area contributed by atoms with Crippen molar-refractivity contribution in [2.75, 3.05) is 38.6 Å². The fourth-order valence-electron chi connectivity index (χ4n) is 2.23. The van der Waals surface area contributed by atoms with Gasteiger partial charge in [-0.2, -0.15) is 0 Å². The molecule has 0 bridgehead atoms. The standard InChI is InChI=1S/C14H21N3O/c1-11-10-15-7-8-17(11)14(18)12-5-4-6-13(9-12)16(2)3/h4-6,9,11,15H,7-8,10H2,1-3H3. The molecule has 1 aliphatic heterocycles. The number of anilines is 1. The van der Waals surface area contributed by atoms with Crippen molar-refractivity contribution in [3.05, 3.63) is 29.8 Å². The molecule has 1 atom stereocenters. The number of nitrogens with one attached hydrogen (secondary N) is 1. The lowest BCUT2D eigenvalue weighted by Gasteiger charge is -2.34. The van der Waals surface area contributed by atoms with E-state index in [4.69, 9.17) is 0 Å². The largest absolute Gasteiger partial charge is 0.378 e. The number of nitrogens with zero attached hydrogens (tertiary/aromatic N) is 2. The molecule has 1 aromatic carbocycles. The molecular weight excluding hydrogens is 226 g/mol. The molecule has 1 saturated heterocycles. The molecule has 0 aliphatic carbocycles. The summed E-state index contributed by atoms with van der Waals surface area (Å²) in [6, 6.07) is 8.06. The first-order valence-corrected chi connectivity index (χ1v) is 6.38. The summed E-state index contributed by atoms with van der Waals surface area (Å²) < 4.78 is 0. The summed E-state index contributed by atoms with van der Waals surface area (Å²) in [6.07, 6.45) is 0.